The minimum Gasteiger partial charge on any atom is -0.303 e. The molecule has 1 aromatic heterocycles. The number of H-pyrrole nitrogens is 1. The molecule has 0 radical (unpaired) electrons. The topological polar surface area (TPSA) is 33.6 Å². The van der Waals surface area contributed by atoms with E-state index in [1.165, 1.54) is 0 Å². The molecule has 0 aliphatic rings. The molecular formula is C11H21N3S. The van der Waals surface area contributed by atoms with Crippen LogP contribution < -0.4 is 0 Å². The Balaban J connectivity index is 3.03. The number of hydrogen-bond acceptors (Lipinski definition) is 2. The number of nitrogens with zero attached hydrogens (tertiary/aromatic N) is 2. The predicted molar refractivity (Wildman–Crippen MR) is 65.6 cm³/mol. The zero-order valence-corrected chi connectivity index (χ0v) is 11.1. The van der Waals surface area contributed by atoms with Crippen LogP contribution in [-0.2, 0) is 6.54 Å². The first-order valence-corrected chi connectivity index (χ1v) is 5.93. The fourth-order valence-corrected chi connectivity index (χ4v) is 1.67. The van der Waals surface area contributed by atoms with E-state index in [9.17, 15) is 0 Å². The monoisotopic (exact) mass is 227 g/mol. The van der Waals surface area contributed by atoms with Gasteiger partial charge < -0.3 is 4.57 Å². The van der Waals surface area contributed by atoms with E-state index in [2.05, 4.69) is 49.4 Å². The second-order valence-electron chi connectivity index (χ2n) is 5.15. The summed E-state index contributed by atoms with van der Waals surface area (Å²) in [7, 11) is 0. The number of hydrogen-bond donors (Lipinski definition) is 1. The lowest BCUT2D eigenvalue weighted by molar-refractivity contribution is 0.287. The molecule has 0 saturated heterocycles. The molecular weight excluding hydrogens is 206 g/mol. The second-order valence-corrected chi connectivity index (χ2v) is 5.53. The van der Waals surface area contributed by atoms with Crippen molar-refractivity contribution in [3.8, 4) is 0 Å². The highest BCUT2D eigenvalue weighted by Crippen LogP contribution is 2.24. The van der Waals surface area contributed by atoms with E-state index in [-0.39, 0.29) is 5.41 Å². The highest BCUT2D eigenvalue weighted by Gasteiger charge is 2.19. The van der Waals surface area contributed by atoms with Crippen molar-refractivity contribution in [1.29, 1.82) is 0 Å². The van der Waals surface area contributed by atoms with Crippen LogP contribution in [0.1, 0.15) is 52.8 Å². The van der Waals surface area contributed by atoms with Gasteiger partial charge in [-0.25, -0.2) is 0 Å². The standard InChI is InChI=1S/C11H21N3S/c1-6-11(4,5)7-14-9(8(2)3)12-13-10(14)15/h8H,6-7H2,1-5H3,(H,13,15). The Hall–Kier alpha value is -0.640. The van der Waals surface area contributed by atoms with Crippen molar-refractivity contribution in [1.82, 2.24) is 14.8 Å². The van der Waals surface area contributed by atoms with Crippen molar-refractivity contribution in [2.24, 2.45) is 5.41 Å². The summed E-state index contributed by atoms with van der Waals surface area (Å²) in [5, 5.41) is 7.16. The van der Waals surface area contributed by atoms with Crippen molar-refractivity contribution in [2.45, 2.75) is 53.5 Å². The zero-order valence-electron chi connectivity index (χ0n) is 10.3. The van der Waals surface area contributed by atoms with Crippen molar-refractivity contribution in [2.75, 3.05) is 0 Å². The average Bonchev–Trinajstić information content (AvgIpc) is 2.48. The molecule has 1 rings (SSSR count). The number of nitrogens with one attached hydrogen (secondary N) is 1. The highest BCUT2D eigenvalue weighted by molar-refractivity contribution is 7.71. The average molecular weight is 227 g/mol. The lowest BCUT2D eigenvalue weighted by Gasteiger charge is -2.24. The second kappa shape index (κ2) is 4.47. The van der Waals surface area contributed by atoms with Crippen LogP contribution in [0.2, 0.25) is 0 Å². The summed E-state index contributed by atoms with van der Waals surface area (Å²) in [5.41, 5.74) is 0.270. The Morgan fingerprint density at radius 3 is 2.53 bits per heavy atom. The van der Waals surface area contributed by atoms with Crippen LogP contribution in [0.25, 0.3) is 0 Å². The van der Waals surface area contributed by atoms with Gasteiger partial charge in [-0.15, -0.1) is 0 Å². The summed E-state index contributed by atoms with van der Waals surface area (Å²) >= 11 is 5.25. The van der Waals surface area contributed by atoms with Crippen molar-refractivity contribution >= 4 is 12.2 Å². The summed E-state index contributed by atoms with van der Waals surface area (Å²) < 4.78 is 2.86. The molecule has 1 N–H and O–H groups in total. The lowest BCUT2D eigenvalue weighted by Crippen LogP contribution is -2.20. The maximum Gasteiger partial charge on any atom is 0.195 e. The van der Waals surface area contributed by atoms with E-state index < -0.39 is 0 Å². The molecule has 0 aliphatic heterocycles. The smallest absolute Gasteiger partial charge is 0.195 e. The van der Waals surface area contributed by atoms with Gasteiger partial charge >= 0.3 is 0 Å². The molecule has 0 bridgehead atoms. The highest BCUT2D eigenvalue weighted by atomic mass is 32.1. The normalized spacial score (nSPS) is 12.4. The van der Waals surface area contributed by atoms with E-state index in [1.807, 2.05) is 0 Å². The maximum absolute atomic E-state index is 5.25. The van der Waals surface area contributed by atoms with Crippen LogP contribution in [0.4, 0.5) is 0 Å². The Morgan fingerprint density at radius 1 is 1.47 bits per heavy atom. The van der Waals surface area contributed by atoms with Gasteiger partial charge in [-0.3, -0.25) is 5.10 Å². The van der Waals surface area contributed by atoms with Crippen LogP contribution in [0.3, 0.4) is 0 Å². The molecule has 0 saturated carbocycles. The summed E-state index contributed by atoms with van der Waals surface area (Å²) in [6.07, 6.45) is 1.14. The molecule has 1 aromatic rings. The zero-order chi connectivity index (χ0) is 11.6. The van der Waals surface area contributed by atoms with Gasteiger partial charge in [0.05, 0.1) is 0 Å². The van der Waals surface area contributed by atoms with Gasteiger partial charge in [-0.05, 0) is 24.1 Å². The third-order valence-electron chi connectivity index (χ3n) is 2.85. The molecule has 3 nitrogen and oxygen atoms in total. The third kappa shape index (κ3) is 2.91. The number of aromatic nitrogens is 3. The lowest BCUT2D eigenvalue weighted by atomic mass is 9.90. The van der Waals surface area contributed by atoms with Gasteiger partial charge in [0.25, 0.3) is 0 Å². The Kier molecular flexibility index (Phi) is 3.71. The van der Waals surface area contributed by atoms with Crippen molar-refractivity contribution < 1.29 is 0 Å². The molecule has 15 heavy (non-hydrogen) atoms. The predicted octanol–water partition coefficient (Wildman–Crippen LogP) is 3.50. The fourth-order valence-electron chi connectivity index (χ4n) is 1.46. The molecule has 0 fully saturated rings. The first-order valence-electron chi connectivity index (χ1n) is 5.52. The van der Waals surface area contributed by atoms with Gasteiger partial charge in [-0.1, -0.05) is 34.6 Å². The molecule has 0 atom stereocenters. The Labute approximate surface area is 96.9 Å². The molecule has 1 heterocycles. The number of aromatic amines is 1. The largest absolute Gasteiger partial charge is 0.303 e. The van der Waals surface area contributed by atoms with E-state index in [1.54, 1.807) is 0 Å². The van der Waals surface area contributed by atoms with Crippen LogP contribution in [0.15, 0.2) is 0 Å². The minimum atomic E-state index is 0.270. The van der Waals surface area contributed by atoms with Gasteiger partial charge in [-0.2, -0.15) is 5.10 Å². The van der Waals surface area contributed by atoms with E-state index in [4.69, 9.17) is 12.2 Å². The van der Waals surface area contributed by atoms with Crippen LogP contribution in [-0.4, -0.2) is 14.8 Å². The maximum atomic E-state index is 5.25. The van der Waals surface area contributed by atoms with E-state index >= 15 is 0 Å². The molecule has 0 aromatic carbocycles. The first kappa shape index (κ1) is 12.4. The van der Waals surface area contributed by atoms with Crippen LogP contribution >= 0.6 is 12.2 Å². The van der Waals surface area contributed by atoms with Crippen molar-refractivity contribution in [3.05, 3.63) is 10.6 Å². The summed E-state index contributed by atoms with van der Waals surface area (Å²) in [6.45, 7) is 11.9. The third-order valence-corrected chi connectivity index (χ3v) is 3.16. The summed E-state index contributed by atoms with van der Waals surface area (Å²) in [5.74, 6) is 1.46. The van der Waals surface area contributed by atoms with Gasteiger partial charge in [0.15, 0.2) is 4.77 Å². The molecule has 0 spiro atoms. The quantitative estimate of drug-likeness (QED) is 0.799. The minimum absolute atomic E-state index is 0.270. The van der Waals surface area contributed by atoms with Gasteiger partial charge in [0.2, 0.25) is 0 Å². The number of rotatable bonds is 4. The Bertz CT molecular complexity index is 373. The van der Waals surface area contributed by atoms with Gasteiger partial charge in [0, 0.05) is 12.5 Å². The summed E-state index contributed by atoms with van der Waals surface area (Å²) in [4.78, 5) is 0. The van der Waals surface area contributed by atoms with E-state index in [0.717, 1.165) is 23.6 Å². The SMILES string of the molecule is CCC(C)(C)Cn1c(C(C)C)n[nH]c1=S. The van der Waals surface area contributed by atoms with Crippen LogP contribution in [0, 0.1) is 10.2 Å². The van der Waals surface area contributed by atoms with Gasteiger partial charge in [0.1, 0.15) is 5.82 Å². The molecule has 86 valence electrons. The fraction of sp³-hybridized carbons (Fsp3) is 0.818. The molecule has 0 amide bonds. The molecule has 4 heteroatoms. The van der Waals surface area contributed by atoms with E-state index in [0.29, 0.717) is 5.92 Å². The Morgan fingerprint density at radius 2 is 2.07 bits per heavy atom. The summed E-state index contributed by atoms with van der Waals surface area (Å²) in [6, 6.07) is 0. The molecule has 0 aliphatic carbocycles. The molecule has 0 unspecified atom stereocenters. The first-order chi connectivity index (χ1) is 6.87. The van der Waals surface area contributed by atoms with Crippen LogP contribution in [0.5, 0.6) is 0 Å². The van der Waals surface area contributed by atoms with Crippen molar-refractivity contribution in [3.63, 3.8) is 0 Å².